The maximum absolute atomic E-state index is 14.0. The van der Waals surface area contributed by atoms with Crippen molar-refractivity contribution in [2.24, 2.45) is 5.92 Å². The number of piperazine rings is 1. The van der Waals surface area contributed by atoms with Crippen molar-refractivity contribution in [2.45, 2.75) is 32.0 Å². The number of hydrogen-bond acceptors (Lipinski definition) is 8. The fourth-order valence-electron chi connectivity index (χ4n) is 5.95. The van der Waals surface area contributed by atoms with Crippen molar-refractivity contribution in [2.75, 3.05) is 42.6 Å². The van der Waals surface area contributed by atoms with Gasteiger partial charge in [-0.2, -0.15) is 0 Å². The molecule has 0 radical (unpaired) electrons. The maximum atomic E-state index is 14.0. The molecule has 0 aliphatic carbocycles. The lowest BCUT2D eigenvalue weighted by atomic mass is 9.82. The number of anilines is 2. The van der Waals surface area contributed by atoms with Crippen LogP contribution in [0.25, 0.3) is 0 Å². The lowest BCUT2D eigenvalue weighted by Crippen LogP contribution is -2.48. The van der Waals surface area contributed by atoms with E-state index in [-0.39, 0.29) is 55.7 Å². The molecule has 2 aliphatic rings. The highest BCUT2D eigenvalue weighted by Crippen LogP contribution is 2.47. The normalized spacial score (nSPS) is 18.6. The van der Waals surface area contributed by atoms with Gasteiger partial charge in [0.15, 0.2) is 5.60 Å². The van der Waals surface area contributed by atoms with Gasteiger partial charge in [0.25, 0.3) is 11.6 Å². The molecule has 3 N–H and O–H groups in total. The van der Waals surface area contributed by atoms with Gasteiger partial charge >= 0.3 is 0 Å². The molecule has 12 nitrogen and oxygen atoms in total. The van der Waals surface area contributed by atoms with Gasteiger partial charge in [-0.15, -0.1) is 0 Å². The summed E-state index contributed by atoms with van der Waals surface area (Å²) in [5.74, 6) is -1.82. The quantitative estimate of drug-likeness (QED) is 0.157. The van der Waals surface area contributed by atoms with Gasteiger partial charge in [-0.25, -0.2) is 0 Å². The highest BCUT2D eigenvalue weighted by molar-refractivity contribution is 6.07. The van der Waals surface area contributed by atoms with Crippen molar-refractivity contribution < 1.29 is 29.5 Å². The van der Waals surface area contributed by atoms with E-state index in [1.54, 1.807) is 30.0 Å². The molecule has 12 heteroatoms. The smallest absolute Gasteiger partial charge is 0.269 e. The highest BCUT2D eigenvalue weighted by atomic mass is 16.6. The number of rotatable bonds is 12. The largest absolute Gasteiger partial charge is 0.395 e. The van der Waals surface area contributed by atoms with Crippen molar-refractivity contribution in [3.8, 4) is 0 Å². The Balaban J connectivity index is 1.38. The summed E-state index contributed by atoms with van der Waals surface area (Å²) in [7, 11) is 0. The Morgan fingerprint density at radius 2 is 1.87 bits per heavy atom. The third-order valence-electron chi connectivity index (χ3n) is 8.43. The maximum Gasteiger partial charge on any atom is 0.269 e. The number of nitrogens with one attached hydrogen (secondary N) is 1. The van der Waals surface area contributed by atoms with E-state index in [9.17, 15) is 34.7 Å². The Kier molecular flexibility index (Phi) is 9.90. The van der Waals surface area contributed by atoms with Gasteiger partial charge in [0.1, 0.15) is 0 Å². The summed E-state index contributed by atoms with van der Waals surface area (Å²) in [4.78, 5) is 55.2. The first-order chi connectivity index (χ1) is 22.1. The van der Waals surface area contributed by atoms with E-state index >= 15 is 0 Å². The van der Waals surface area contributed by atoms with Crippen LogP contribution in [0.4, 0.5) is 17.1 Å². The molecule has 0 aromatic heterocycles. The number of benzene rings is 3. The van der Waals surface area contributed by atoms with E-state index in [2.05, 4.69) is 5.32 Å². The van der Waals surface area contributed by atoms with Crippen LogP contribution in [-0.4, -0.2) is 70.5 Å². The molecular weight excluding hydrogens is 590 g/mol. The third-order valence-corrected chi connectivity index (χ3v) is 8.43. The number of aliphatic hydroxyl groups excluding tert-OH is 1. The van der Waals surface area contributed by atoms with Gasteiger partial charge in [0, 0.05) is 61.9 Å². The van der Waals surface area contributed by atoms with E-state index in [1.807, 2.05) is 48.5 Å². The average molecular weight is 628 g/mol. The fraction of sp³-hybridized carbons (Fsp3) is 0.324. The first-order valence-corrected chi connectivity index (χ1v) is 15.2. The number of amides is 3. The second kappa shape index (κ2) is 14.0. The predicted molar refractivity (Wildman–Crippen MR) is 172 cm³/mol. The number of nitro benzene ring substituents is 1. The molecule has 46 heavy (non-hydrogen) atoms. The summed E-state index contributed by atoms with van der Waals surface area (Å²) in [6, 6.07) is 20.6. The Morgan fingerprint density at radius 1 is 1.11 bits per heavy atom. The second-order valence-electron chi connectivity index (χ2n) is 11.5. The van der Waals surface area contributed by atoms with Crippen LogP contribution >= 0.6 is 0 Å². The van der Waals surface area contributed by atoms with Crippen LogP contribution in [0.15, 0.2) is 84.9 Å². The van der Waals surface area contributed by atoms with E-state index in [0.717, 1.165) is 5.56 Å². The van der Waals surface area contributed by atoms with Crippen LogP contribution in [0.1, 0.15) is 30.0 Å². The molecule has 3 aromatic carbocycles. The molecule has 240 valence electrons. The third kappa shape index (κ3) is 6.69. The molecule has 0 saturated carbocycles. The minimum absolute atomic E-state index is 0.0372. The van der Waals surface area contributed by atoms with Gasteiger partial charge in [-0.1, -0.05) is 61.5 Å². The number of aliphatic hydroxyl groups is 2. The number of carbonyl (C=O) groups excluding carboxylic acids is 3. The zero-order valence-electron chi connectivity index (χ0n) is 25.5. The molecule has 2 heterocycles. The van der Waals surface area contributed by atoms with Crippen LogP contribution in [0.3, 0.4) is 0 Å². The number of hydrogen-bond donors (Lipinski definition) is 3. The molecule has 1 fully saturated rings. The molecule has 3 aromatic rings. The van der Waals surface area contributed by atoms with Crippen molar-refractivity contribution in [3.63, 3.8) is 0 Å². The minimum Gasteiger partial charge on any atom is -0.395 e. The van der Waals surface area contributed by atoms with Crippen molar-refractivity contribution >= 4 is 34.8 Å². The number of carbonyl (C=O) groups is 3. The summed E-state index contributed by atoms with van der Waals surface area (Å²) in [5.41, 5.74) is 0.362. The van der Waals surface area contributed by atoms with Crippen LogP contribution in [0, 0.1) is 16.0 Å². The molecule has 0 unspecified atom stereocenters. The summed E-state index contributed by atoms with van der Waals surface area (Å²) in [6.45, 7) is 3.35. The number of fused-ring (bicyclic) bond motifs is 1. The van der Waals surface area contributed by atoms with E-state index in [1.165, 1.54) is 28.0 Å². The minimum atomic E-state index is -2.14. The molecule has 2 atom stereocenters. The standard InChI is InChI=1S/C34H37N5O7/c1-24(7-5-12-31(41)36(17-18-40)22-25-8-3-2-4-9-25)34(44)29-20-28(39(45)46)13-14-30(29)38(33(34)43)23-26-10-6-11-27(19-26)37-16-15-35-21-32(37)42/h2-11,13-14,19-20,24,35,40,44H,12,15-18,21-23H2,1H3/b7-5+/t24-,34+/m0/s1. The van der Waals surface area contributed by atoms with Crippen molar-refractivity contribution in [1.29, 1.82) is 0 Å². The van der Waals surface area contributed by atoms with Crippen molar-refractivity contribution in [3.05, 3.63) is 112 Å². The van der Waals surface area contributed by atoms with Gasteiger partial charge in [0.2, 0.25) is 11.8 Å². The predicted octanol–water partition coefficient (Wildman–Crippen LogP) is 2.87. The molecule has 2 aliphatic heterocycles. The highest BCUT2D eigenvalue weighted by Gasteiger charge is 2.53. The Labute approximate surface area is 266 Å². The van der Waals surface area contributed by atoms with Gasteiger partial charge in [0.05, 0.1) is 30.3 Å². The number of non-ortho nitro benzene ring substituents is 1. The molecule has 0 spiro atoms. The summed E-state index contributed by atoms with van der Waals surface area (Å²) in [6.07, 6.45) is 3.10. The zero-order valence-corrected chi connectivity index (χ0v) is 25.5. The summed E-state index contributed by atoms with van der Waals surface area (Å²) in [5, 5.41) is 36.2. The lowest BCUT2D eigenvalue weighted by Gasteiger charge is -2.29. The topological polar surface area (TPSA) is 157 Å². The van der Waals surface area contributed by atoms with Crippen LogP contribution < -0.4 is 15.1 Å². The first-order valence-electron chi connectivity index (χ1n) is 15.2. The summed E-state index contributed by atoms with van der Waals surface area (Å²) >= 11 is 0. The number of nitro groups is 1. The first kappa shape index (κ1) is 32.5. The van der Waals surface area contributed by atoms with E-state index in [4.69, 9.17) is 0 Å². The van der Waals surface area contributed by atoms with E-state index < -0.39 is 22.3 Å². The van der Waals surface area contributed by atoms with Gasteiger partial charge in [-0.3, -0.25) is 24.5 Å². The monoisotopic (exact) mass is 627 g/mol. The van der Waals surface area contributed by atoms with Gasteiger partial charge in [-0.05, 0) is 29.3 Å². The fourth-order valence-corrected chi connectivity index (χ4v) is 5.95. The Hall–Kier alpha value is -4.91. The molecular formula is C34H37N5O7. The SMILES string of the molecule is C[C@@H](/C=C/CC(=O)N(CCO)Cc1ccccc1)[C@]1(O)C(=O)N(Cc2cccc(N3CCNCC3=O)c2)c2ccc([N+](=O)[O-])cc21. The van der Waals surface area contributed by atoms with Crippen LogP contribution in [-0.2, 0) is 33.1 Å². The Morgan fingerprint density at radius 3 is 2.59 bits per heavy atom. The summed E-state index contributed by atoms with van der Waals surface area (Å²) < 4.78 is 0. The molecule has 5 rings (SSSR count). The molecule has 3 amide bonds. The average Bonchev–Trinajstić information content (AvgIpc) is 3.27. The number of nitrogens with zero attached hydrogens (tertiary/aromatic N) is 4. The van der Waals surface area contributed by atoms with Crippen LogP contribution in [0.5, 0.6) is 0 Å². The van der Waals surface area contributed by atoms with Crippen molar-refractivity contribution in [1.82, 2.24) is 10.2 Å². The lowest BCUT2D eigenvalue weighted by molar-refractivity contribution is -0.385. The Bertz CT molecular complexity index is 1650. The van der Waals surface area contributed by atoms with Gasteiger partial charge < -0.3 is 30.2 Å². The van der Waals surface area contributed by atoms with E-state index in [0.29, 0.717) is 36.6 Å². The molecule has 0 bridgehead atoms. The zero-order chi connectivity index (χ0) is 32.8. The second-order valence-corrected chi connectivity index (χ2v) is 11.5. The van der Waals surface area contributed by atoms with Crippen LogP contribution in [0.2, 0.25) is 0 Å². The molecule has 1 saturated heterocycles.